The first kappa shape index (κ1) is 93.6. The van der Waals surface area contributed by atoms with E-state index in [1.165, 1.54) is 0 Å². The van der Waals surface area contributed by atoms with Crippen LogP contribution in [0.3, 0.4) is 0 Å². The molecule has 1 heteroatoms. The average molecular weight is 164 g/mol. The predicted octanol–water partition coefficient (Wildman–Crippen LogP) is 4.63. The van der Waals surface area contributed by atoms with Crippen LogP contribution in [0.5, 0.6) is 0 Å². The maximum atomic E-state index is 3.00. The quantitative estimate of drug-likeness (QED) is 0.458. The Labute approximate surface area is 73.0 Å². The van der Waals surface area contributed by atoms with Gasteiger partial charge in [-0.25, -0.2) is 0 Å². The van der Waals surface area contributed by atoms with E-state index < -0.39 is 0 Å². The van der Waals surface area contributed by atoms with Gasteiger partial charge >= 0.3 is 0 Å². The zero-order valence-corrected chi connectivity index (χ0v) is 6.07. The molecule has 0 fully saturated rings. The summed E-state index contributed by atoms with van der Waals surface area (Å²) in [6.45, 7) is 24.0. The van der Waals surface area contributed by atoms with E-state index in [4.69, 9.17) is 0 Å². The molecule has 0 spiro atoms. The summed E-state index contributed by atoms with van der Waals surface area (Å²) in [5.41, 5.74) is 0. The highest BCUT2D eigenvalue weighted by molar-refractivity contribution is 4.23. The number of rotatable bonds is 0. The SMILES string of the molecule is C.C.C=C.C=C.C=C.C=C.F. The molecule has 0 radical (unpaired) electrons. The first-order valence-corrected chi connectivity index (χ1v) is 2.00. The fourth-order valence-corrected chi connectivity index (χ4v) is 0. The lowest BCUT2D eigenvalue weighted by Gasteiger charge is -0.813. The van der Waals surface area contributed by atoms with Gasteiger partial charge in [-0.05, 0) is 0 Å². The van der Waals surface area contributed by atoms with Crippen molar-refractivity contribution in [3.8, 4) is 0 Å². The highest BCUT2D eigenvalue weighted by Gasteiger charge is 0.607. The third-order valence-corrected chi connectivity index (χ3v) is 0. The average Bonchev–Trinajstić information content (AvgIpc) is 2.03. The summed E-state index contributed by atoms with van der Waals surface area (Å²) >= 11 is 0. The Morgan fingerprint density at radius 1 is 0.364 bits per heavy atom. The van der Waals surface area contributed by atoms with Gasteiger partial charge in [0.25, 0.3) is 0 Å². The van der Waals surface area contributed by atoms with E-state index in [0.29, 0.717) is 0 Å². The van der Waals surface area contributed by atoms with Gasteiger partial charge in [0.2, 0.25) is 0 Å². The molecule has 0 aliphatic carbocycles. The minimum Gasteiger partial charge on any atom is -0.269 e. The fraction of sp³-hybridized carbons (Fsp3) is 0.200. The summed E-state index contributed by atoms with van der Waals surface area (Å²) in [6, 6.07) is 0. The molecule has 11 heavy (non-hydrogen) atoms. The van der Waals surface area contributed by atoms with Gasteiger partial charge in [0, 0.05) is 0 Å². The van der Waals surface area contributed by atoms with Crippen molar-refractivity contribution in [1.82, 2.24) is 0 Å². The van der Waals surface area contributed by atoms with Crippen molar-refractivity contribution in [1.29, 1.82) is 0 Å². The summed E-state index contributed by atoms with van der Waals surface area (Å²) in [4.78, 5) is 0. The summed E-state index contributed by atoms with van der Waals surface area (Å²) in [5, 5.41) is 0. The topological polar surface area (TPSA) is 0 Å². The van der Waals surface area contributed by atoms with Crippen LogP contribution in [0.4, 0.5) is 4.70 Å². The van der Waals surface area contributed by atoms with Crippen LogP contribution < -0.4 is 0 Å². The predicted molar refractivity (Wildman–Crippen MR) is 61.0 cm³/mol. The van der Waals surface area contributed by atoms with Crippen molar-refractivity contribution in [3.63, 3.8) is 0 Å². The summed E-state index contributed by atoms with van der Waals surface area (Å²) in [7, 11) is 0. The van der Waals surface area contributed by atoms with Gasteiger partial charge in [-0.2, -0.15) is 0 Å². The van der Waals surface area contributed by atoms with Crippen molar-refractivity contribution in [3.05, 3.63) is 52.6 Å². The Balaban J connectivity index is -0.00000000356. The molecular weight excluding hydrogens is 139 g/mol. The summed E-state index contributed by atoms with van der Waals surface area (Å²) in [5.74, 6) is 0. The molecule has 0 aromatic heterocycles. The molecule has 0 rings (SSSR count). The summed E-state index contributed by atoms with van der Waals surface area (Å²) in [6.07, 6.45) is 0. The lowest BCUT2D eigenvalue weighted by atomic mass is 11.3. The number of halogens is 1. The second-order valence-electron chi connectivity index (χ2n) is 0. The van der Waals surface area contributed by atoms with Crippen LogP contribution in [0.1, 0.15) is 14.9 Å². The molecule has 0 aliphatic heterocycles. The van der Waals surface area contributed by atoms with Crippen LogP contribution >= 0.6 is 0 Å². The van der Waals surface area contributed by atoms with Gasteiger partial charge in [-0.3, -0.25) is 4.70 Å². The molecule has 0 heterocycles. The van der Waals surface area contributed by atoms with E-state index in [2.05, 4.69) is 52.6 Å². The second kappa shape index (κ2) is 449. The minimum atomic E-state index is 0. The van der Waals surface area contributed by atoms with Crippen LogP contribution in [-0.2, 0) is 0 Å². The van der Waals surface area contributed by atoms with E-state index in [9.17, 15) is 0 Å². The van der Waals surface area contributed by atoms with Crippen LogP contribution in [0.25, 0.3) is 0 Å². The molecular formula is C10H25F. The maximum absolute atomic E-state index is 3.00. The lowest BCUT2D eigenvalue weighted by Crippen LogP contribution is -0.552. The Morgan fingerprint density at radius 3 is 0.364 bits per heavy atom. The molecule has 0 saturated carbocycles. The van der Waals surface area contributed by atoms with Gasteiger partial charge in [0.15, 0.2) is 0 Å². The second-order valence-corrected chi connectivity index (χ2v) is 0. The maximum Gasteiger partial charge on any atom is -0.0776 e. The Bertz CT molecular complexity index is 12.8. The highest BCUT2D eigenvalue weighted by atomic mass is 19.0. The van der Waals surface area contributed by atoms with Crippen LogP contribution in [-0.4, -0.2) is 0 Å². The highest BCUT2D eigenvalue weighted by Crippen LogP contribution is 0.868. The van der Waals surface area contributed by atoms with Crippen LogP contribution in [0.2, 0.25) is 0 Å². The molecule has 72 valence electrons. The van der Waals surface area contributed by atoms with E-state index >= 15 is 0 Å². The first-order chi connectivity index (χ1) is 4.00. The van der Waals surface area contributed by atoms with E-state index in [1.807, 2.05) is 0 Å². The van der Waals surface area contributed by atoms with Gasteiger partial charge < -0.3 is 0 Å². The van der Waals surface area contributed by atoms with Crippen molar-refractivity contribution >= 4 is 0 Å². The minimum absolute atomic E-state index is 0. The molecule has 0 N–H and O–H groups in total. The molecule has 0 atom stereocenters. The lowest BCUT2D eigenvalue weighted by molar-refractivity contribution is 1.11. The largest absolute Gasteiger partial charge is 0.269 e. The molecule has 0 aromatic carbocycles. The van der Waals surface area contributed by atoms with E-state index in [-0.39, 0.29) is 19.6 Å². The van der Waals surface area contributed by atoms with Crippen molar-refractivity contribution in [2.45, 2.75) is 14.9 Å². The molecule has 0 aromatic rings. The van der Waals surface area contributed by atoms with Gasteiger partial charge in [-0.15, -0.1) is 52.6 Å². The molecule has 0 aliphatic rings. The first-order valence-electron chi connectivity index (χ1n) is 2.00. The molecule has 0 unspecified atom stereocenters. The van der Waals surface area contributed by atoms with Crippen LogP contribution in [0, 0.1) is 0 Å². The number of hydrogen-bond acceptors (Lipinski definition) is 0. The Morgan fingerprint density at radius 2 is 0.364 bits per heavy atom. The van der Waals surface area contributed by atoms with Crippen molar-refractivity contribution in [2.24, 2.45) is 0 Å². The monoisotopic (exact) mass is 164 g/mol. The normalized spacial score (nSPS) is 1.45. The Kier molecular flexibility index (Phi) is 3820. The third-order valence-electron chi connectivity index (χ3n) is 0. The van der Waals surface area contributed by atoms with Crippen LogP contribution in [0.15, 0.2) is 52.6 Å². The molecule has 0 nitrogen and oxygen atoms in total. The molecule has 0 bridgehead atoms. The van der Waals surface area contributed by atoms with Crippen molar-refractivity contribution < 1.29 is 4.70 Å². The van der Waals surface area contributed by atoms with Gasteiger partial charge in [-0.1, -0.05) is 14.9 Å². The zero-order chi connectivity index (χ0) is 8.00. The number of hydrogen-bond donors (Lipinski definition) is 0. The van der Waals surface area contributed by atoms with Crippen molar-refractivity contribution in [2.75, 3.05) is 0 Å². The third kappa shape index (κ3) is 343. The molecule has 0 saturated heterocycles. The van der Waals surface area contributed by atoms with Gasteiger partial charge in [0.1, 0.15) is 0 Å². The summed E-state index contributed by atoms with van der Waals surface area (Å²) < 4.78 is 0. The standard InChI is InChI=1S/4C2H4.2CH4.FH/c4*1-2;;;/h4*1-2H2;2*1H4;1H. The fourth-order valence-electron chi connectivity index (χ4n) is 0. The van der Waals surface area contributed by atoms with E-state index in [1.54, 1.807) is 0 Å². The molecule has 0 amide bonds. The smallest absolute Gasteiger partial charge is 0.0776 e. The zero-order valence-electron chi connectivity index (χ0n) is 6.07. The Hall–Kier alpha value is -1.11. The van der Waals surface area contributed by atoms with Gasteiger partial charge in [0.05, 0.1) is 0 Å². The van der Waals surface area contributed by atoms with E-state index in [0.717, 1.165) is 0 Å².